The zero-order valence-electron chi connectivity index (χ0n) is 9.12. The smallest absolute Gasteiger partial charge is 0.450 e. The van der Waals surface area contributed by atoms with Crippen LogP contribution in [-0.2, 0) is 0 Å². The van der Waals surface area contributed by atoms with Crippen LogP contribution in [0.15, 0.2) is 0 Å². The zero-order chi connectivity index (χ0) is 10.7. The van der Waals surface area contributed by atoms with Crippen molar-refractivity contribution in [1.29, 1.82) is 0 Å². The van der Waals surface area contributed by atoms with Gasteiger partial charge in [-0.15, -0.1) is 0 Å². The molecule has 0 fully saturated rings. The molecule has 0 heterocycles. The average molecular weight is 609 g/mol. The van der Waals surface area contributed by atoms with Gasteiger partial charge in [0.2, 0.25) is 0 Å². The normalized spacial score (nSPS) is 3.60. The summed E-state index contributed by atoms with van der Waals surface area (Å²) >= 11 is 0. The molecule has 20 heavy (non-hydrogen) atoms. The van der Waals surface area contributed by atoms with E-state index in [9.17, 15) is 0 Å². The molecule has 0 aliphatic carbocycles. The Hall–Kier alpha value is 0.219. The minimum atomic E-state index is -1.83. The summed E-state index contributed by atoms with van der Waals surface area (Å²) < 4.78 is 0. The van der Waals surface area contributed by atoms with Gasteiger partial charge in [-0.05, 0) is 0 Å². The van der Waals surface area contributed by atoms with Crippen molar-refractivity contribution in [3.63, 3.8) is 0 Å². The van der Waals surface area contributed by atoms with Gasteiger partial charge in [0, 0.05) is 79.9 Å². The SMILES string of the molecule is O.O.O.O.O.O.O=C(O)O.O=C(O)O.O=C(O)O.[Gd].[Gd]. The van der Waals surface area contributed by atoms with Crippen molar-refractivity contribution in [2.24, 2.45) is 0 Å². The maximum atomic E-state index is 8.56. The van der Waals surface area contributed by atoms with Crippen LogP contribution in [0, 0.1) is 79.9 Å². The number of carboxylic acid groups (broad SMARTS) is 6. The van der Waals surface area contributed by atoms with Gasteiger partial charge in [0.05, 0.1) is 0 Å². The van der Waals surface area contributed by atoms with Crippen molar-refractivity contribution >= 4 is 18.5 Å². The molecule has 0 aromatic heterocycles. The van der Waals surface area contributed by atoms with Crippen molar-refractivity contribution < 1.29 is 158 Å². The zero-order valence-corrected chi connectivity index (χ0v) is 13.7. The van der Waals surface area contributed by atoms with E-state index in [4.69, 9.17) is 45.0 Å². The number of hydrogen-bond donors (Lipinski definition) is 6. The van der Waals surface area contributed by atoms with Crippen LogP contribution in [0.1, 0.15) is 0 Å². The first-order valence-electron chi connectivity index (χ1n) is 1.95. The first-order valence-corrected chi connectivity index (χ1v) is 1.95. The second kappa shape index (κ2) is 75.1. The molecule has 0 aliphatic rings. The van der Waals surface area contributed by atoms with Gasteiger partial charge in [-0.25, -0.2) is 14.4 Å². The van der Waals surface area contributed by atoms with Crippen LogP contribution in [0.5, 0.6) is 0 Å². The Morgan fingerprint density at radius 3 is 0.400 bits per heavy atom. The predicted molar refractivity (Wildman–Crippen MR) is 53.6 cm³/mol. The molecule has 136 valence electrons. The Labute approximate surface area is 174 Å². The molecule has 0 unspecified atom stereocenters. The molecule has 0 saturated heterocycles. The molecule has 0 aromatic rings. The average Bonchev–Trinajstić information content (AvgIpc) is 1.54. The van der Waals surface area contributed by atoms with E-state index in [1.807, 2.05) is 0 Å². The summed E-state index contributed by atoms with van der Waals surface area (Å²) in [6, 6.07) is 0. The molecule has 0 radical (unpaired) electrons. The van der Waals surface area contributed by atoms with Crippen LogP contribution in [0.3, 0.4) is 0 Å². The molecule has 0 rings (SSSR count). The maximum Gasteiger partial charge on any atom is 0.503 e. The third kappa shape index (κ3) is 112000. The summed E-state index contributed by atoms with van der Waals surface area (Å²) in [7, 11) is 0. The summed E-state index contributed by atoms with van der Waals surface area (Å²) in [6.07, 6.45) is -5.50. The maximum absolute atomic E-state index is 8.56. The number of rotatable bonds is 0. The summed E-state index contributed by atoms with van der Waals surface area (Å²) in [4.78, 5) is 25.7. The fourth-order valence-electron chi connectivity index (χ4n) is 0. The van der Waals surface area contributed by atoms with Gasteiger partial charge in [0.25, 0.3) is 0 Å². The quantitative estimate of drug-likeness (QED) is 0.155. The van der Waals surface area contributed by atoms with Crippen molar-refractivity contribution in [2.75, 3.05) is 0 Å². The van der Waals surface area contributed by atoms with Gasteiger partial charge in [0.15, 0.2) is 0 Å². The minimum Gasteiger partial charge on any atom is -0.450 e. The third-order valence-corrected chi connectivity index (χ3v) is 0. The van der Waals surface area contributed by atoms with Gasteiger partial charge in [-0.1, -0.05) is 0 Å². The van der Waals surface area contributed by atoms with Crippen LogP contribution in [0.4, 0.5) is 14.4 Å². The molecule has 17 heteroatoms. The molecule has 0 aromatic carbocycles. The largest absolute Gasteiger partial charge is 0.503 e. The second-order valence-electron chi connectivity index (χ2n) is 0.848. The molecule has 0 amide bonds. The Morgan fingerprint density at radius 1 is 0.400 bits per heavy atom. The van der Waals surface area contributed by atoms with Crippen LogP contribution < -0.4 is 0 Å². The van der Waals surface area contributed by atoms with E-state index >= 15 is 0 Å². The van der Waals surface area contributed by atoms with Crippen molar-refractivity contribution in [3.05, 3.63) is 0 Å². The van der Waals surface area contributed by atoms with E-state index in [0.717, 1.165) is 0 Å². The molecule has 18 N–H and O–H groups in total. The molecule has 15 nitrogen and oxygen atoms in total. The molecule has 0 atom stereocenters. The monoisotopic (exact) mass is 610 g/mol. The molecule has 0 bridgehead atoms. The first-order chi connectivity index (χ1) is 5.20. The topological polar surface area (TPSA) is 362 Å². The first kappa shape index (κ1) is 87.9. The summed E-state index contributed by atoms with van der Waals surface area (Å²) in [6.45, 7) is 0. The summed E-state index contributed by atoms with van der Waals surface area (Å²) in [5.41, 5.74) is 0. The van der Waals surface area contributed by atoms with Crippen LogP contribution in [-0.4, -0.2) is 82.0 Å². The van der Waals surface area contributed by atoms with E-state index in [0.29, 0.717) is 0 Å². The molecular formula is C3H18Gd2O15. The van der Waals surface area contributed by atoms with Gasteiger partial charge >= 0.3 is 18.5 Å². The van der Waals surface area contributed by atoms with Crippen LogP contribution in [0.2, 0.25) is 0 Å². The van der Waals surface area contributed by atoms with Crippen molar-refractivity contribution in [3.8, 4) is 0 Å². The summed E-state index contributed by atoms with van der Waals surface area (Å²) in [5.74, 6) is 0. The Kier molecular flexibility index (Phi) is 330. The minimum absolute atomic E-state index is 0. The summed E-state index contributed by atoms with van der Waals surface area (Å²) in [5, 5.41) is 41.8. The van der Waals surface area contributed by atoms with Gasteiger partial charge in [-0.3, -0.25) is 0 Å². The number of hydrogen-bond acceptors (Lipinski definition) is 3. The van der Waals surface area contributed by atoms with Crippen molar-refractivity contribution in [1.82, 2.24) is 0 Å². The van der Waals surface area contributed by atoms with E-state index in [2.05, 4.69) is 0 Å². The van der Waals surface area contributed by atoms with E-state index in [-0.39, 0.29) is 113 Å². The Morgan fingerprint density at radius 2 is 0.400 bits per heavy atom. The Balaban J connectivity index is -0.00000000562. The van der Waals surface area contributed by atoms with E-state index in [1.165, 1.54) is 0 Å². The fourth-order valence-corrected chi connectivity index (χ4v) is 0. The fraction of sp³-hybridized carbons (Fsp3) is 0. The molecular weight excluding hydrogens is 591 g/mol. The van der Waals surface area contributed by atoms with Crippen LogP contribution in [0.25, 0.3) is 0 Å². The van der Waals surface area contributed by atoms with Crippen molar-refractivity contribution in [2.45, 2.75) is 0 Å². The van der Waals surface area contributed by atoms with Gasteiger partial charge < -0.3 is 63.5 Å². The molecule has 0 spiro atoms. The third-order valence-electron chi connectivity index (χ3n) is 0. The molecule has 0 saturated carbocycles. The predicted octanol–water partition coefficient (Wildman–Crippen LogP) is -4.28. The standard InChI is InChI=1S/3CH2O3.2Gd.6H2O/c3*2-1(3)4;;;;;;;;/h3*(H2,2,3,4);;;6*1H2. The van der Waals surface area contributed by atoms with Crippen LogP contribution >= 0.6 is 0 Å². The second-order valence-corrected chi connectivity index (χ2v) is 0.848. The van der Waals surface area contributed by atoms with E-state index in [1.54, 1.807) is 0 Å². The van der Waals surface area contributed by atoms with E-state index < -0.39 is 18.5 Å². The van der Waals surface area contributed by atoms with Gasteiger partial charge in [-0.2, -0.15) is 0 Å². The van der Waals surface area contributed by atoms with Gasteiger partial charge in [0.1, 0.15) is 0 Å². The Bertz CT molecular complexity index is 119. The number of carbonyl (C=O) groups is 3. The molecule has 0 aliphatic heterocycles.